The van der Waals surface area contributed by atoms with E-state index < -0.39 is 0 Å². The van der Waals surface area contributed by atoms with Gasteiger partial charge in [-0.25, -0.2) is 0 Å². The molecule has 0 aromatic rings. The first-order valence-electron chi connectivity index (χ1n) is 4.62. The zero-order chi connectivity index (χ0) is 9.47. The molecular formula is C9H13N3O. The van der Waals surface area contributed by atoms with Crippen molar-refractivity contribution in [2.45, 2.75) is 25.8 Å². The average molecular weight is 179 g/mol. The van der Waals surface area contributed by atoms with Crippen molar-refractivity contribution in [3.8, 4) is 6.19 Å². The summed E-state index contributed by atoms with van der Waals surface area (Å²) in [4.78, 5) is 13.3. The van der Waals surface area contributed by atoms with Crippen LogP contribution in [0.3, 0.4) is 0 Å². The Morgan fingerprint density at radius 2 is 2.54 bits per heavy atom. The van der Waals surface area contributed by atoms with E-state index in [0.29, 0.717) is 6.54 Å². The second-order valence-electron chi connectivity index (χ2n) is 4.13. The molecule has 2 unspecified atom stereocenters. The van der Waals surface area contributed by atoms with Gasteiger partial charge in [-0.15, -0.1) is 0 Å². The van der Waals surface area contributed by atoms with Gasteiger partial charge in [0.15, 0.2) is 6.19 Å². The third-order valence-electron chi connectivity index (χ3n) is 3.05. The van der Waals surface area contributed by atoms with Crippen LogP contribution in [0.25, 0.3) is 0 Å². The first-order valence-corrected chi connectivity index (χ1v) is 4.62. The highest BCUT2D eigenvalue weighted by molar-refractivity contribution is 5.85. The molecule has 1 spiro atoms. The van der Waals surface area contributed by atoms with Crippen LogP contribution in [0.1, 0.15) is 19.8 Å². The number of nitriles is 1. The lowest BCUT2D eigenvalue weighted by atomic mass is 9.84. The van der Waals surface area contributed by atoms with Crippen molar-refractivity contribution < 1.29 is 4.79 Å². The lowest BCUT2D eigenvalue weighted by Gasteiger charge is -2.17. The van der Waals surface area contributed by atoms with E-state index in [-0.39, 0.29) is 17.4 Å². The zero-order valence-electron chi connectivity index (χ0n) is 7.71. The van der Waals surface area contributed by atoms with Gasteiger partial charge in [0.05, 0.1) is 5.41 Å². The summed E-state index contributed by atoms with van der Waals surface area (Å²) in [6.45, 7) is 3.36. The predicted octanol–water partition coefficient (Wildman–Crippen LogP) is 0.0680. The number of likely N-dealkylation sites (tertiary alicyclic amines) is 1. The van der Waals surface area contributed by atoms with Crippen LogP contribution >= 0.6 is 0 Å². The lowest BCUT2D eigenvalue weighted by Crippen LogP contribution is -2.33. The number of hydrogen-bond acceptors (Lipinski definition) is 3. The van der Waals surface area contributed by atoms with E-state index in [1.807, 2.05) is 6.92 Å². The maximum atomic E-state index is 11.6. The first-order chi connectivity index (χ1) is 6.16. The minimum Gasteiger partial charge on any atom is -0.353 e. The van der Waals surface area contributed by atoms with E-state index in [0.717, 1.165) is 19.4 Å². The SMILES string of the molecule is CC1CC2(CCN(C#N)C2)C(=O)N1. The molecule has 13 heavy (non-hydrogen) atoms. The molecule has 2 atom stereocenters. The van der Waals surface area contributed by atoms with E-state index in [9.17, 15) is 4.79 Å². The molecule has 0 aliphatic carbocycles. The third kappa shape index (κ3) is 1.15. The van der Waals surface area contributed by atoms with Gasteiger partial charge in [-0.2, -0.15) is 5.26 Å². The van der Waals surface area contributed by atoms with Crippen LogP contribution in [0.2, 0.25) is 0 Å². The molecule has 1 amide bonds. The normalized spacial score (nSPS) is 38.0. The Morgan fingerprint density at radius 3 is 3.00 bits per heavy atom. The number of rotatable bonds is 0. The molecule has 4 heteroatoms. The molecule has 2 saturated heterocycles. The van der Waals surface area contributed by atoms with Crippen molar-refractivity contribution in [2.24, 2.45) is 5.41 Å². The Kier molecular flexibility index (Phi) is 1.69. The maximum absolute atomic E-state index is 11.6. The van der Waals surface area contributed by atoms with Gasteiger partial charge in [-0.05, 0) is 19.8 Å². The topological polar surface area (TPSA) is 56.1 Å². The zero-order valence-corrected chi connectivity index (χ0v) is 7.71. The second kappa shape index (κ2) is 2.63. The minimum atomic E-state index is -0.255. The molecule has 2 fully saturated rings. The van der Waals surface area contributed by atoms with Gasteiger partial charge in [0.25, 0.3) is 0 Å². The molecule has 70 valence electrons. The Balaban J connectivity index is 2.16. The first kappa shape index (κ1) is 8.36. The quantitative estimate of drug-likeness (QED) is 0.535. The highest BCUT2D eigenvalue weighted by Crippen LogP contribution is 2.38. The fourth-order valence-electron chi connectivity index (χ4n) is 2.42. The highest BCUT2D eigenvalue weighted by Gasteiger charge is 2.49. The van der Waals surface area contributed by atoms with E-state index in [4.69, 9.17) is 5.26 Å². The molecule has 1 N–H and O–H groups in total. The van der Waals surface area contributed by atoms with Crippen LogP contribution in [0.5, 0.6) is 0 Å². The van der Waals surface area contributed by atoms with Gasteiger partial charge in [0.2, 0.25) is 5.91 Å². The Hall–Kier alpha value is -1.24. The summed E-state index contributed by atoms with van der Waals surface area (Å²) in [5.74, 6) is 0.137. The Labute approximate surface area is 77.5 Å². The smallest absolute Gasteiger partial charge is 0.228 e. The summed E-state index contributed by atoms with van der Waals surface area (Å²) in [5.41, 5.74) is -0.255. The largest absolute Gasteiger partial charge is 0.353 e. The summed E-state index contributed by atoms with van der Waals surface area (Å²) >= 11 is 0. The number of carbonyl (C=O) groups is 1. The Bertz CT molecular complexity index is 283. The number of nitrogens with zero attached hydrogens (tertiary/aromatic N) is 2. The summed E-state index contributed by atoms with van der Waals surface area (Å²) < 4.78 is 0. The standard InChI is InChI=1S/C9H13N3O/c1-7-4-9(8(13)11-7)2-3-12(5-9)6-10/h7H,2-5H2,1H3,(H,11,13). The number of hydrogen-bond donors (Lipinski definition) is 1. The molecule has 0 aromatic heterocycles. The molecule has 0 radical (unpaired) electrons. The molecule has 0 aromatic carbocycles. The molecule has 2 heterocycles. The van der Waals surface area contributed by atoms with Crippen molar-refractivity contribution in [1.82, 2.24) is 10.2 Å². The average Bonchev–Trinajstić information content (AvgIpc) is 2.59. The fraction of sp³-hybridized carbons (Fsp3) is 0.778. The van der Waals surface area contributed by atoms with Crippen molar-refractivity contribution >= 4 is 5.91 Å². The van der Waals surface area contributed by atoms with Gasteiger partial charge in [0.1, 0.15) is 0 Å². The molecule has 2 rings (SSSR count). The van der Waals surface area contributed by atoms with Crippen LogP contribution in [0.4, 0.5) is 0 Å². The summed E-state index contributed by atoms with van der Waals surface area (Å²) in [6, 6.07) is 0.270. The lowest BCUT2D eigenvalue weighted by molar-refractivity contribution is -0.127. The maximum Gasteiger partial charge on any atom is 0.228 e. The van der Waals surface area contributed by atoms with E-state index in [1.165, 1.54) is 0 Å². The van der Waals surface area contributed by atoms with Gasteiger partial charge in [-0.1, -0.05) is 0 Å². The van der Waals surface area contributed by atoms with Crippen LogP contribution in [0, 0.1) is 16.9 Å². The minimum absolute atomic E-state index is 0.137. The van der Waals surface area contributed by atoms with Gasteiger partial charge in [-0.3, -0.25) is 4.79 Å². The van der Waals surface area contributed by atoms with Crippen LogP contribution in [-0.2, 0) is 4.79 Å². The monoisotopic (exact) mass is 179 g/mol. The summed E-state index contributed by atoms with van der Waals surface area (Å²) in [6.07, 6.45) is 3.81. The Morgan fingerprint density at radius 1 is 1.77 bits per heavy atom. The molecular weight excluding hydrogens is 166 g/mol. The molecule has 0 saturated carbocycles. The van der Waals surface area contributed by atoms with Crippen molar-refractivity contribution in [3.05, 3.63) is 0 Å². The fourth-order valence-corrected chi connectivity index (χ4v) is 2.42. The van der Waals surface area contributed by atoms with Gasteiger partial charge >= 0.3 is 0 Å². The molecule has 0 bridgehead atoms. The predicted molar refractivity (Wildman–Crippen MR) is 46.5 cm³/mol. The number of carbonyl (C=O) groups excluding carboxylic acids is 1. The van der Waals surface area contributed by atoms with Gasteiger partial charge < -0.3 is 10.2 Å². The highest BCUT2D eigenvalue weighted by atomic mass is 16.2. The van der Waals surface area contributed by atoms with Crippen molar-refractivity contribution in [3.63, 3.8) is 0 Å². The summed E-state index contributed by atoms with van der Waals surface area (Å²) in [7, 11) is 0. The van der Waals surface area contributed by atoms with Crippen LogP contribution in [-0.4, -0.2) is 29.9 Å². The van der Waals surface area contributed by atoms with E-state index in [2.05, 4.69) is 11.5 Å². The number of amides is 1. The van der Waals surface area contributed by atoms with Crippen molar-refractivity contribution in [2.75, 3.05) is 13.1 Å². The molecule has 2 aliphatic heterocycles. The van der Waals surface area contributed by atoms with E-state index >= 15 is 0 Å². The number of nitrogens with one attached hydrogen (secondary N) is 1. The third-order valence-corrected chi connectivity index (χ3v) is 3.05. The summed E-state index contributed by atoms with van der Waals surface area (Å²) in [5, 5.41) is 11.6. The van der Waals surface area contributed by atoms with Crippen molar-refractivity contribution in [1.29, 1.82) is 5.26 Å². The van der Waals surface area contributed by atoms with Gasteiger partial charge in [0, 0.05) is 19.1 Å². The van der Waals surface area contributed by atoms with Crippen LogP contribution < -0.4 is 5.32 Å². The van der Waals surface area contributed by atoms with E-state index in [1.54, 1.807) is 4.90 Å². The molecule has 2 aliphatic rings. The molecule has 4 nitrogen and oxygen atoms in total. The second-order valence-corrected chi connectivity index (χ2v) is 4.13. The van der Waals surface area contributed by atoms with Crippen LogP contribution in [0.15, 0.2) is 0 Å².